The first-order valence-electron chi connectivity index (χ1n) is 5.86. The highest BCUT2D eigenvalue weighted by Crippen LogP contribution is 2.19. The Labute approximate surface area is 106 Å². The van der Waals surface area contributed by atoms with Crippen LogP contribution in [0.3, 0.4) is 0 Å². The maximum absolute atomic E-state index is 11.0. The molecule has 0 saturated heterocycles. The minimum absolute atomic E-state index is 0.0881. The van der Waals surface area contributed by atoms with Gasteiger partial charge in [-0.3, -0.25) is 4.79 Å². The van der Waals surface area contributed by atoms with Crippen LogP contribution in [0.2, 0.25) is 0 Å². The summed E-state index contributed by atoms with van der Waals surface area (Å²) in [6.45, 7) is 5.67. The van der Waals surface area contributed by atoms with E-state index in [1.165, 1.54) is 6.92 Å². The van der Waals surface area contributed by atoms with E-state index in [4.69, 9.17) is 0 Å². The second-order valence-corrected chi connectivity index (χ2v) is 4.46. The average molecular weight is 244 g/mol. The molecule has 1 aromatic carbocycles. The molecule has 1 amide bonds. The molecule has 0 saturated carbocycles. The summed E-state index contributed by atoms with van der Waals surface area (Å²) < 4.78 is 1.79. The van der Waals surface area contributed by atoms with Crippen molar-refractivity contribution in [1.82, 2.24) is 15.0 Å². The van der Waals surface area contributed by atoms with E-state index in [1.54, 1.807) is 10.9 Å². The molecule has 0 radical (unpaired) electrons. The zero-order valence-corrected chi connectivity index (χ0v) is 10.7. The number of anilines is 1. The van der Waals surface area contributed by atoms with Crippen LogP contribution in [-0.2, 0) is 4.79 Å². The third kappa shape index (κ3) is 2.56. The molecule has 18 heavy (non-hydrogen) atoms. The molecular formula is C13H16N4O. The lowest BCUT2D eigenvalue weighted by Gasteiger charge is -2.10. The van der Waals surface area contributed by atoms with Crippen LogP contribution >= 0.6 is 0 Å². The van der Waals surface area contributed by atoms with Crippen molar-refractivity contribution < 1.29 is 4.79 Å². The molecule has 1 aromatic heterocycles. The van der Waals surface area contributed by atoms with Gasteiger partial charge in [0.25, 0.3) is 0 Å². The number of hydrogen-bond donors (Lipinski definition) is 1. The Morgan fingerprint density at radius 2 is 2.17 bits per heavy atom. The minimum atomic E-state index is -0.0881. The Hall–Kier alpha value is -2.17. The number of nitrogens with one attached hydrogen (secondary N) is 1. The fraction of sp³-hybridized carbons (Fsp3) is 0.308. The standard InChI is InChI=1S/C13H16N4O/c1-9(2)13-8-14-16-17(13)12-6-4-5-11(7-12)15-10(3)18/h4-9H,1-3H3,(H,15,18). The number of nitrogens with zero attached hydrogens (tertiary/aromatic N) is 3. The summed E-state index contributed by atoms with van der Waals surface area (Å²) in [4.78, 5) is 11.0. The highest BCUT2D eigenvalue weighted by molar-refractivity contribution is 5.88. The molecule has 1 heterocycles. The zero-order chi connectivity index (χ0) is 13.1. The molecule has 1 N–H and O–H groups in total. The Bertz CT molecular complexity index is 560. The van der Waals surface area contributed by atoms with Crippen molar-refractivity contribution in [3.8, 4) is 5.69 Å². The highest BCUT2D eigenvalue weighted by Gasteiger charge is 2.10. The lowest BCUT2D eigenvalue weighted by molar-refractivity contribution is -0.114. The number of rotatable bonds is 3. The summed E-state index contributed by atoms with van der Waals surface area (Å²) in [6, 6.07) is 7.54. The van der Waals surface area contributed by atoms with Crippen molar-refractivity contribution in [2.45, 2.75) is 26.7 Å². The molecule has 0 aliphatic heterocycles. The van der Waals surface area contributed by atoms with Gasteiger partial charge in [-0.05, 0) is 24.1 Å². The van der Waals surface area contributed by atoms with Gasteiger partial charge in [0.15, 0.2) is 0 Å². The highest BCUT2D eigenvalue weighted by atomic mass is 16.1. The Kier molecular flexibility index (Phi) is 3.41. The van der Waals surface area contributed by atoms with Crippen molar-refractivity contribution in [1.29, 1.82) is 0 Å². The second-order valence-electron chi connectivity index (χ2n) is 4.46. The first-order chi connectivity index (χ1) is 8.58. The number of amides is 1. The quantitative estimate of drug-likeness (QED) is 0.901. The molecule has 0 unspecified atom stereocenters. The number of carbonyl (C=O) groups excluding carboxylic acids is 1. The molecule has 0 fully saturated rings. The van der Waals surface area contributed by atoms with Gasteiger partial charge in [0, 0.05) is 12.6 Å². The fourth-order valence-electron chi connectivity index (χ4n) is 1.76. The molecule has 2 aromatic rings. The Balaban J connectivity index is 2.38. The third-order valence-corrected chi connectivity index (χ3v) is 2.58. The molecule has 5 nitrogen and oxygen atoms in total. The SMILES string of the molecule is CC(=O)Nc1cccc(-n2nncc2C(C)C)c1. The summed E-state index contributed by atoms with van der Waals surface area (Å²) in [5.41, 5.74) is 2.68. The molecular weight excluding hydrogens is 228 g/mol. The van der Waals surface area contributed by atoms with E-state index in [1.807, 2.05) is 24.3 Å². The predicted molar refractivity (Wildman–Crippen MR) is 69.8 cm³/mol. The van der Waals surface area contributed by atoms with Crippen LogP contribution < -0.4 is 5.32 Å². The van der Waals surface area contributed by atoms with Crippen molar-refractivity contribution in [2.24, 2.45) is 0 Å². The lowest BCUT2D eigenvalue weighted by atomic mass is 10.1. The molecule has 0 atom stereocenters. The first kappa shape index (κ1) is 12.3. The van der Waals surface area contributed by atoms with Gasteiger partial charge in [0.05, 0.1) is 17.6 Å². The predicted octanol–water partition coefficient (Wildman–Crippen LogP) is 2.35. The van der Waals surface area contributed by atoms with Gasteiger partial charge in [-0.1, -0.05) is 25.1 Å². The number of aromatic nitrogens is 3. The van der Waals surface area contributed by atoms with Crippen LogP contribution in [0, 0.1) is 0 Å². The molecule has 0 aliphatic carbocycles. The van der Waals surface area contributed by atoms with Gasteiger partial charge in [-0.2, -0.15) is 0 Å². The first-order valence-corrected chi connectivity index (χ1v) is 5.86. The maximum atomic E-state index is 11.0. The van der Waals surface area contributed by atoms with Crippen LogP contribution in [0.5, 0.6) is 0 Å². The topological polar surface area (TPSA) is 59.8 Å². The Morgan fingerprint density at radius 3 is 2.83 bits per heavy atom. The largest absolute Gasteiger partial charge is 0.326 e. The monoisotopic (exact) mass is 244 g/mol. The number of hydrogen-bond acceptors (Lipinski definition) is 3. The fourth-order valence-corrected chi connectivity index (χ4v) is 1.76. The van der Waals surface area contributed by atoms with Crippen molar-refractivity contribution >= 4 is 11.6 Å². The van der Waals surface area contributed by atoms with Gasteiger partial charge >= 0.3 is 0 Å². The Morgan fingerprint density at radius 1 is 1.39 bits per heavy atom. The van der Waals surface area contributed by atoms with E-state index < -0.39 is 0 Å². The molecule has 2 rings (SSSR count). The zero-order valence-electron chi connectivity index (χ0n) is 10.7. The molecule has 0 aliphatic rings. The van der Waals surface area contributed by atoms with Crippen LogP contribution in [0.25, 0.3) is 5.69 Å². The third-order valence-electron chi connectivity index (χ3n) is 2.58. The van der Waals surface area contributed by atoms with Crippen molar-refractivity contribution in [3.05, 3.63) is 36.2 Å². The summed E-state index contributed by atoms with van der Waals surface area (Å²) in [7, 11) is 0. The summed E-state index contributed by atoms with van der Waals surface area (Å²) >= 11 is 0. The molecule has 0 bridgehead atoms. The van der Waals surface area contributed by atoms with Crippen molar-refractivity contribution in [3.63, 3.8) is 0 Å². The lowest BCUT2D eigenvalue weighted by Crippen LogP contribution is -2.08. The van der Waals surface area contributed by atoms with E-state index in [-0.39, 0.29) is 5.91 Å². The van der Waals surface area contributed by atoms with E-state index in [0.717, 1.165) is 17.1 Å². The van der Waals surface area contributed by atoms with Gasteiger partial charge in [-0.15, -0.1) is 5.10 Å². The van der Waals surface area contributed by atoms with Crippen LogP contribution in [0.1, 0.15) is 32.4 Å². The van der Waals surface area contributed by atoms with E-state index in [0.29, 0.717) is 5.92 Å². The minimum Gasteiger partial charge on any atom is -0.326 e. The van der Waals surface area contributed by atoms with Crippen molar-refractivity contribution in [2.75, 3.05) is 5.32 Å². The van der Waals surface area contributed by atoms with Gasteiger partial charge in [-0.25, -0.2) is 4.68 Å². The number of carbonyl (C=O) groups is 1. The van der Waals surface area contributed by atoms with Gasteiger partial charge in [0.2, 0.25) is 5.91 Å². The molecule has 94 valence electrons. The molecule has 0 spiro atoms. The average Bonchev–Trinajstić information content (AvgIpc) is 2.77. The second kappa shape index (κ2) is 5.00. The smallest absolute Gasteiger partial charge is 0.221 e. The van der Waals surface area contributed by atoms with E-state index >= 15 is 0 Å². The van der Waals surface area contributed by atoms with Crippen LogP contribution in [0.4, 0.5) is 5.69 Å². The summed E-state index contributed by atoms with van der Waals surface area (Å²) in [6.07, 6.45) is 1.76. The normalized spacial score (nSPS) is 10.7. The van der Waals surface area contributed by atoms with E-state index in [2.05, 4.69) is 29.5 Å². The maximum Gasteiger partial charge on any atom is 0.221 e. The molecule has 5 heteroatoms. The summed E-state index contributed by atoms with van der Waals surface area (Å²) in [5.74, 6) is 0.249. The van der Waals surface area contributed by atoms with E-state index in [9.17, 15) is 4.79 Å². The van der Waals surface area contributed by atoms with Gasteiger partial charge in [0.1, 0.15) is 0 Å². The number of benzene rings is 1. The van der Waals surface area contributed by atoms with Crippen LogP contribution in [-0.4, -0.2) is 20.9 Å². The van der Waals surface area contributed by atoms with Crippen LogP contribution in [0.15, 0.2) is 30.5 Å². The summed E-state index contributed by atoms with van der Waals surface area (Å²) in [5, 5.41) is 10.8. The van der Waals surface area contributed by atoms with Gasteiger partial charge < -0.3 is 5.32 Å².